The number of ether oxygens (including phenoxy) is 1. The first-order valence-electron chi connectivity index (χ1n) is 7.12. The fraction of sp³-hybridized carbons (Fsp3) is 0.929. The van der Waals surface area contributed by atoms with Gasteiger partial charge in [0.1, 0.15) is 6.04 Å². The third-order valence-corrected chi connectivity index (χ3v) is 3.99. The molecule has 1 rings (SSSR count). The fourth-order valence-electron chi connectivity index (χ4n) is 2.46. The molecule has 0 aromatic heterocycles. The summed E-state index contributed by atoms with van der Waals surface area (Å²) in [6.07, 6.45) is 2.25. The summed E-state index contributed by atoms with van der Waals surface area (Å²) >= 11 is 0. The molecule has 1 N–H and O–H groups in total. The lowest BCUT2D eigenvalue weighted by Crippen LogP contribution is -2.50. The number of likely N-dealkylation sites (tertiary alicyclic amines) is 1. The molecule has 0 aromatic carbocycles. The molecule has 0 aliphatic carbocycles. The summed E-state index contributed by atoms with van der Waals surface area (Å²) in [5.74, 6) is 1.36. The third-order valence-electron chi connectivity index (χ3n) is 3.99. The highest BCUT2D eigenvalue weighted by Crippen LogP contribution is 2.22. The summed E-state index contributed by atoms with van der Waals surface area (Å²) in [5, 5.41) is 3.28. The molecule has 1 saturated heterocycles. The van der Waals surface area contributed by atoms with Gasteiger partial charge in [0.25, 0.3) is 0 Å². The van der Waals surface area contributed by atoms with Gasteiger partial charge in [-0.05, 0) is 37.8 Å². The number of esters is 1. The van der Waals surface area contributed by atoms with E-state index in [1.807, 2.05) is 0 Å². The minimum atomic E-state index is -0.185. The quantitative estimate of drug-likeness (QED) is 0.731. The number of nitrogens with one attached hydrogen (secondary N) is 1. The van der Waals surface area contributed by atoms with Gasteiger partial charge in [0.15, 0.2) is 0 Å². The number of carbonyl (C=O) groups is 1. The molecule has 3 atom stereocenters. The molecule has 0 spiro atoms. The van der Waals surface area contributed by atoms with E-state index in [9.17, 15) is 4.79 Å². The van der Waals surface area contributed by atoms with E-state index < -0.39 is 0 Å². The number of hydrogen-bond donors (Lipinski definition) is 1. The van der Waals surface area contributed by atoms with Crippen LogP contribution >= 0.6 is 0 Å². The highest BCUT2D eigenvalue weighted by Gasteiger charge is 2.27. The molecule has 1 aliphatic rings. The molecule has 0 amide bonds. The zero-order valence-corrected chi connectivity index (χ0v) is 12.2. The Balaban J connectivity index is 2.47. The van der Waals surface area contributed by atoms with Crippen molar-refractivity contribution < 1.29 is 9.53 Å². The minimum absolute atomic E-state index is 0.144. The van der Waals surface area contributed by atoms with Crippen LogP contribution in [0.3, 0.4) is 0 Å². The van der Waals surface area contributed by atoms with Crippen LogP contribution in [0.1, 0.15) is 33.6 Å². The van der Waals surface area contributed by atoms with Crippen LogP contribution in [0, 0.1) is 11.8 Å². The van der Waals surface area contributed by atoms with Crippen molar-refractivity contribution in [3.05, 3.63) is 0 Å². The van der Waals surface area contributed by atoms with Crippen LogP contribution in [0.15, 0.2) is 0 Å². The van der Waals surface area contributed by atoms with E-state index in [2.05, 4.69) is 31.0 Å². The van der Waals surface area contributed by atoms with Gasteiger partial charge in [-0.15, -0.1) is 0 Å². The third kappa shape index (κ3) is 4.58. The number of rotatable bonds is 6. The fourth-order valence-corrected chi connectivity index (χ4v) is 2.46. The normalized spacial score (nSPS) is 26.9. The summed E-state index contributed by atoms with van der Waals surface area (Å²) < 4.78 is 4.87. The lowest BCUT2D eigenvalue weighted by Gasteiger charge is -2.36. The van der Waals surface area contributed by atoms with Crippen molar-refractivity contribution in [1.29, 1.82) is 0 Å². The smallest absolute Gasteiger partial charge is 0.324 e. The van der Waals surface area contributed by atoms with Crippen LogP contribution in [-0.2, 0) is 9.53 Å². The molecule has 3 unspecified atom stereocenters. The van der Waals surface area contributed by atoms with E-state index in [1.165, 1.54) is 13.5 Å². The maximum absolute atomic E-state index is 11.7. The van der Waals surface area contributed by atoms with Gasteiger partial charge in [0.05, 0.1) is 7.11 Å². The van der Waals surface area contributed by atoms with Crippen LogP contribution < -0.4 is 5.32 Å². The molecule has 0 aromatic rings. The van der Waals surface area contributed by atoms with E-state index in [-0.39, 0.29) is 12.0 Å². The summed E-state index contributed by atoms with van der Waals surface area (Å²) in [4.78, 5) is 14.1. The van der Waals surface area contributed by atoms with Crippen molar-refractivity contribution in [3.63, 3.8) is 0 Å². The van der Waals surface area contributed by atoms with Crippen molar-refractivity contribution in [1.82, 2.24) is 10.2 Å². The molecule has 18 heavy (non-hydrogen) atoms. The van der Waals surface area contributed by atoms with Gasteiger partial charge in [0.2, 0.25) is 0 Å². The second kappa shape index (κ2) is 7.74. The topological polar surface area (TPSA) is 41.6 Å². The van der Waals surface area contributed by atoms with Crippen molar-refractivity contribution in [2.75, 3.05) is 33.3 Å². The van der Waals surface area contributed by atoms with Gasteiger partial charge in [-0.1, -0.05) is 20.8 Å². The molecule has 1 fully saturated rings. The number of hydrogen-bond acceptors (Lipinski definition) is 4. The highest BCUT2D eigenvalue weighted by molar-refractivity contribution is 5.75. The summed E-state index contributed by atoms with van der Waals surface area (Å²) in [5.41, 5.74) is 0. The maximum atomic E-state index is 11.7. The Hall–Kier alpha value is -0.610. The van der Waals surface area contributed by atoms with Crippen LogP contribution in [0.5, 0.6) is 0 Å². The van der Waals surface area contributed by atoms with Gasteiger partial charge in [-0.3, -0.25) is 4.79 Å². The van der Waals surface area contributed by atoms with Gasteiger partial charge in [0, 0.05) is 13.1 Å². The van der Waals surface area contributed by atoms with Crippen molar-refractivity contribution >= 4 is 5.97 Å². The molecule has 0 bridgehead atoms. The van der Waals surface area contributed by atoms with Crippen LogP contribution in [-0.4, -0.2) is 50.2 Å². The Bertz CT molecular complexity index is 258. The van der Waals surface area contributed by atoms with Crippen LogP contribution in [0.4, 0.5) is 0 Å². The standard InChI is InChI=1S/C14H28N2O2/c1-5-7-15-13(14(17)18-4)10-16-8-6-11(2)12(3)9-16/h11-13,15H,5-10H2,1-4H3. The van der Waals surface area contributed by atoms with Gasteiger partial charge in [-0.25, -0.2) is 0 Å². The molecule has 4 heteroatoms. The SMILES string of the molecule is CCCNC(CN1CCC(C)C(C)C1)C(=O)OC. The summed E-state index contributed by atoms with van der Waals surface area (Å²) in [6, 6.07) is -0.185. The van der Waals surface area contributed by atoms with Crippen LogP contribution in [0.2, 0.25) is 0 Å². The molecule has 1 heterocycles. The Morgan fingerprint density at radius 1 is 1.44 bits per heavy atom. The Labute approximate surface area is 111 Å². The Kier molecular flexibility index (Phi) is 6.65. The number of methoxy groups -OCH3 is 1. The number of piperidine rings is 1. The largest absolute Gasteiger partial charge is 0.468 e. The minimum Gasteiger partial charge on any atom is -0.468 e. The second-order valence-corrected chi connectivity index (χ2v) is 5.53. The molecule has 4 nitrogen and oxygen atoms in total. The van der Waals surface area contributed by atoms with Gasteiger partial charge in [-0.2, -0.15) is 0 Å². The lowest BCUT2D eigenvalue weighted by atomic mass is 9.88. The lowest BCUT2D eigenvalue weighted by molar-refractivity contribution is -0.143. The summed E-state index contributed by atoms with van der Waals surface area (Å²) in [7, 11) is 1.46. The zero-order chi connectivity index (χ0) is 13.5. The molecular weight excluding hydrogens is 228 g/mol. The van der Waals surface area contributed by atoms with E-state index >= 15 is 0 Å². The second-order valence-electron chi connectivity index (χ2n) is 5.53. The molecular formula is C14H28N2O2. The molecule has 106 valence electrons. The Morgan fingerprint density at radius 2 is 2.17 bits per heavy atom. The average Bonchev–Trinajstić information content (AvgIpc) is 2.37. The average molecular weight is 256 g/mol. The first kappa shape index (κ1) is 15.4. The molecule has 1 aliphatic heterocycles. The predicted molar refractivity (Wildman–Crippen MR) is 73.5 cm³/mol. The first-order valence-corrected chi connectivity index (χ1v) is 7.12. The van der Waals surface area contributed by atoms with Gasteiger partial charge < -0.3 is 15.0 Å². The van der Waals surface area contributed by atoms with E-state index in [4.69, 9.17) is 4.74 Å². The number of nitrogens with zero attached hydrogens (tertiary/aromatic N) is 1. The van der Waals surface area contributed by atoms with E-state index in [1.54, 1.807) is 0 Å². The number of carbonyl (C=O) groups excluding carboxylic acids is 1. The first-order chi connectivity index (χ1) is 8.58. The van der Waals surface area contributed by atoms with Crippen molar-refractivity contribution in [3.8, 4) is 0 Å². The highest BCUT2D eigenvalue weighted by atomic mass is 16.5. The molecule has 0 radical (unpaired) electrons. The van der Waals surface area contributed by atoms with Crippen molar-refractivity contribution in [2.45, 2.75) is 39.7 Å². The summed E-state index contributed by atoms with van der Waals surface area (Å²) in [6.45, 7) is 10.5. The monoisotopic (exact) mass is 256 g/mol. The van der Waals surface area contributed by atoms with Crippen LogP contribution in [0.25, 0.3) is 0 Å². The maximum Gasteiger partial charge on any atom is 0.324 e. The Morgan fingerprint density at radius 3 is 2.72 bits per heavy atom. The predicted octanol–water partition coefficient (Wildman–Crippen LogP) is 1.51. The van der Waals surface area contributed by atoms with E-state index in [0.717, 1.165) is 38.5 Å². The van der Waals surface area contributed by atoms with Crippen molar-refractivity contribution in [2.24, 2.45) is 11.8 Å². The van der Waals surface area contributed by atoms with E-state index in [0.29, 0.717) is 5.92 Å². The molecule has 0 saturated carbocycles. The van der Waals surface area contributed by atoms with Gasteiger partial charge >= 0.3 is 5.97 Å². The zero-order valence-electron chi connectivity index (χ0n) is 12.2.